The van der Waals surface area contributed by atoms with Gasteiger partial charge in [0.1, 0.15) is 5.78 Å². The highest BCUT2D eigenvalue weighted by Crippen LogP contribution is 2.33. The predicted octanol–water partition coefficient (Wildman–Crippen LogP) is 8.59. The van der Waals surface area contributed by atoms with Crippen LogP contribution in [0.15, 0.2) is 71.8 Å². The van der Waals surface area contributed by atoms with Crippen LogP contribution < -0.4 is 0 Å². The second-order valence-corrected chi connectivity index (χ2v) is 9.66. The standard InChI is InChI=1S/C29H28Cl2O/c1-19-3-5-21(15-19)28-13-9-25(30)17-23(28)7-11-27(32)12-8-24-18-26(31)10-14-29(24)22-6-4-20(2)16-22/h3-4,9-10,13-18H,5-8,11-12H2,1-2H3. The number of ketones is 1. The van der Waals surface area contributed by atoms with E-state index in [-0.39, 0.29) is 5.78 Å². The molecule has 2 aromatic rings. The Labute approximate surface area is 201 Å². The van der Waals surface area contributed by atoms with Gasteiger partial charge in [0.15, 0.2) is 0 Å². The molecule has 0 unspecified atom stereocenters. The Bertz CT molecular complexity index is 1090. The minimum atomic E-state index is 0.270. The van der Waals surface area contributed by atoms with Crippen molar-refractivity contribution in [1.82, 2.24) is 0 Å². The summed E-state index contributed by atoms with van der Waals surface area (Å²) in [4.78, 5) is 12.8. The number of allylic oxidation sites excluding steroid dienone is 8. The number of hydrogen-bond donors (Lipinski definition) is 0. The molecule has 1 nitrogen and oxygen atoms in total. The normalized spacial score (nSPS) is 15.4. The molecule has 2 aliphatic carbocycles. The van der Waals surface area contributed by atoms with Crippen molar-refractivity contribution < 1.29 is 4.79 Å². The molecule has 32 heavy (non-hydrogen) atoms. The van der Waals surface area contributed by atoms with E-state index >= 15 is 0 Å². The monoisotopic (exact) mass is 462 g/mol. The predicted molar refractivity (Wildman–Crippen MR) is 137 cm³/mol. The maximum absolute atomic E-state index is 12.8. The van der Waals surface area contributed by atoms with Gasteiger partial charge in [-0.05, 0) is 97.2 Å². The summed E-state index contributed by atoms with van der Waals surface area (Å²) in [7, 11) is 0. The Kier molecular flexibility index (Phi) is 7.18. The van der Waals surface area contributed by atoms with Crippen molar-refractivity contribution in [3.8, 4) is 0 Å². The first-order chi connectivity index (χ1) is 15.4. The molecule has 0 amide bonds. The molecule has 0 spiro atoms. The lowest BCUT2D eigenvalue weighted by molar-refractivity contribution is -0.119. The quantitative estimate of drug-likeness (QED) is 0.383. The second-order valence-electron chi connectivity index (χ2n) is 8.79. The molecule has 0 saturated carbocycles. The zero-order chi connectivity index (χ0) is 22.7. The van der Waals surface area contributed by atoms with Crippen LogP contribution in [0.2, 0.25) is 10.0 Å². The van der Waals surface area contributed by atoms with Crippen LogP contribution in [0, 0.1) is 0 Å². The van der Waals surface area contributed by atoms with Gasteiger partial charge < -0.3 is 0 Å². The topological polar surface area (TPSA) is 17.1 Å². The summed E-state index contributed by atoms with van der Waals surface area (Å²) in [6.07, 6.45) is 13.3. The van der Waals surface area contributed by atoms with Gasteiger partial charge in [-0.3, -0.25) is 4.79 Å². The van der Waals surface area contributed by atoms with Crippen molar-refractivity contribution in [3.05, 3.63) is 104 Å². The zero-order valence-electron chi connectivity index (χ0n) is 18.7. The Balaban J connectivity index is 1.41. The Hall–Kier alpha value is -2.35. The molecule has 0 saturated heterocycles. The van der Waals surface area contributed by atoms with Gasteiger partial charge in [0, 0.05) is 22.9 Å². The number of halogens is 2. The number of carbonyl (C=O) groups is 1. The first kappa shape index (κ1) is 22.8. The van der Waals surface area contributed by atoms with E-state index in [0.29, 0.717) is 25.7 Å². The summed E-state index contributed by atoms with van der Waals surface area (Å²) in [6.45, 7) is 4.24. The number of benzene rings is 2. The van der Waals surface area contributed by atoms with Gasteiger partial charge in [-0.2, -0.15) is 0 Å². The Morgan fingerprint density at radius 3 is 1.56 bits per heavy atom. The maximum Gasteiger partial charge on any atom is 0.133 e. The van der Waals surface area contributed by atoms with Crippen molar-refractivity contribution in [3.63, 3.8) is 0 Å². The van der Waals surface area contributed by atoms with Crippen molar-refractivity contribution in [2.75, 3.05) is 0 Å². The molecule has 0 atom stereocenters. The molecule has 0 aromatic heterocycles. The average Bonchev–Trinajstić information content (AvgIpc) is 3.39. The van der Waals surface area contributed by atoms with Crippen LogP contribution in [0.1, 0.15) is 61.8 Å². The first-order valence-electron chi connectivity index (χ1n) is 11.2. The van der Waals surface area contributed by atoms with E-state index in [1.807, 2.05) is 24.3 Å². The smallest absolute Gasteiger partial charge is 0.133 e. The van der Waals surface area contributed by atoms with Crippen LogP contribution >= 0.6 is 23.2 Å². The number of aryl methyl sites for hydroxylation is 2. The van der Waals surface area contributed by atoms with Crippen molar-refractivity contribution >= 4 is 40.1 Å². The van der Waals surface area contributed by atoms with Gasteiger partial charge in [0.25, 0.3) is 0 Å². The molecule has 4 rings (SSSR count). The molecule has 0 heterocycles. The van der Waals surface area contributed by atoms with E-state index in [1.54, 1.807) is 0 Å². The lowest BCUT2D eigenvalue weighted by Gasteiger charge is -2.13. The van der Waals surface area contributed by atoms with Crippen LogP contribution in [-0.4, -0.2) is 5.78 Å². The number of hydrogen-bond acceptors (Lipinski definition) is 1. The summed E-state index contributed by atoms with van der Waals surface area (Å²) in [6, 6.07) is 12.1. The molecule has 0 aliphatic heterocycles. The van der Waals surface area contributed by atoms with Gasteiger partial charge in [-0.15, -0.1) is 0 Å². The highest BCUT2D eigenvalue weighted by Gasteiger charge is 2.15. The molecule has 0 bridgehead atoms. The zero-order valence-corrected chi connectivity index (χ0v) is 20.2. The third-order valence-corrected chi connectivity index (χ3v) is 6.73. The average molecular weight is 463 g/mol. The van der Waals surface area contributed by atoms with E-state index in [9.17, 15) is 4.79 Å². The van der Waals surface area contributed by atoms with Crippen LogP contribution in [-0.2, 0) is 17.6 Å². The molecule has 0 N–H and O–H groups in total. The largest absolute Gasteiger partial charge is 0.300 e. The number of carbonyl (C=O) groups excluding carboxylic acids is 1. The maximum atomic E-state index is 12.8. The van der Waals surface area contributed by atoms with Gasteiger partial charge in [-0.25, -0.2) is 0 Å². The van der Waals surface area contributed by atoms with Crippen molar-refractivity contribution in [2.24, 2.45) is 0 Å². The van der Waals surface area contributed by atoms with Gasteiger partial charge >= 0.3 is 0 Å². The van der Waals surface area contributed by atoms with Gasteiger partial charge in [0.05, 0.1) is 0 Å². The molecule has 0 fully saturated rings. The van der Waals surface area contributed by atoms with E-state index in [0.717, 1.165) is 34.0 Å². The lowest BCUT2D eigenvalue weighted by atomic mass is 9.92. The van der Waals surface area contributed by atoms with Crippen LogP contribution in [0.3, 0.4) is 0 Å². The minimum Gasteiger partial charge on any atom is -0.300 e. The van der Waals surface area contributed by atoms with E-state index in [4.69, 9.17) is 23.2 Å². The fourth-order valence-corrected chi connectivity index (χ4v) is 4.93. The van der Waals surface area contributed by atoms with Crippen LogP contribution in [0.5, 0.6) is 0 Å². The minimum absolute atomic E-state index is 0.270. The molecule has 0 radical (unpaired) electrons. The van der Waals surface area contributed by atoms with Gasteiger partial charge in [-0.1, -0.05) is 70.8 Å². The Morgan fingerprint density at radius 1 is 0.750 bits per heavy atom. The van der Waals surface area contributed by atoms with Crippen LogP contribution in [0.25, 0.3) is 11.1 Å². The summed E-state index contributed by atoms with van der Waals surface area (Å²) >= 11 is 12.5. The SMILES string of the molecule is CC1=CCC(c2ccc(Cl)cc2CCC(=O)CCc2cc(Cl)ccc2C2=CC(C)=CC2)=C1. The van der Waals surface area contributed by atoms with Crippen LogP contribution in [0.4, 0.5) is 0 Å². The molecule has 2 aliphatic rings. The molecular formula is C29H28Cl2O. The van der Waals surface area contributed by atoms with Crippen molar-refractivity contribution in [1.29, 1.82) is 0 Å². The number of Topliss-reactive ketones (excluding diaryl/α,β-unsaturated/α-hetero) is 1. The molecule has 2 aromatic carbocycles. The third kappa shape index (κ3) is 5.52. The van der Waals surface area contributed by atoms with Gasteiger partial charge in [0.2, 0.25) is 0 Å². The fourth-order valence-electron chi connectivity index (χ4n) is 4.54. The van der Waals surface area contributed by atoms with Crippen molar-refractivity contribution in [2.45, 2.75) is 52.4 Å². The summed E-state index contributed by atoms with van der Waals surface area (Å²) in [5, 5.41) is 1.44. The highest BCUT2D eigenvalue weighted by molar-refractivity contribution is 6.31. The first-order valence-corrected chi connectivity index (χ1v) is 12.0. The highest BCUT2D eigenvalue weighted by atomic mass is 35.5. The summed E-state index contributed by atoms with van der Waals surface area (Å²) in [5.41, 5.74) is 9.92. The van der Waals surface area contributed by atoms with E-state index in [2.05, 4.69) is 50.3 Å². The fraction of sp³-hybridized carbons (Fsp3) is 0.276. The number of rotatable bonds is 8. The Morgan fingerprint density at radius 2 is 1.19 bits per heavy atom. The third-order valence-electron chi connectivity index (χ3n) is 6.26. The van der Waals surface area contributed by atoms with E-state index in [1.165, 1.54) is 33.4 Å². The second kappa shape index (κ2) is 10.1. The summed E-state index contributed by atoms with van der Waals surface area (Å²) < 4.78 is 0. The molecular weight excluding hydrogens is 435 g/mol. The molecule has 3 heteroatoms. The van der Waals surface area contributed by atoms with E-state index < -0.39 is 0 Å². The lowest BCUT2D eigenvalue weighted by Crippen LogP contribution is -2.05. The molecule has 164 valence electrons. The summed E-state index contributed by atoms with van der Waals surface area (Å²) in [5.74, 6) is 0.270.